The Labute approximate surface area is 84.5 Å². The molecule has 0 bridgehead atoms. The van der Waals surface area contributed by atoms with E-state index in [1.54, 1.807) is 6.07 Å². The molecule has 76 valence electrons. The van der Waals surface area contributed by atoms with Crippen LogP contribution in [0, 0.1) is 28.4 Å². The van der Waals surface area contributed by atoms with Crippen molar-refractivity contribution in [3.05, 3.63) is 38.9 Å². The molecule has 1 aromatic rings. The van der Waals surface area contributed by atoms with E-state index in [9.17, 15) is 14.9 Å². The molecule has 1 N–H and O–H groups in total. The Morgan fingerprint density at radius 2 is 2.20 bits per heavy atom. The number of carbonyl (C=O) groups is 1. The molecule has 1 aromatic carbocycles. The van der Waals surface area contributed by atoms with E-state index in [4.69, 9.17) is 10.4 Å². The summed E-state index contributed by atoms with van der Waals surface area (Å²) in [4.78, 5) is 20.6. The first kappa shape index (κ1) is 10.7. The van der Waals surface area contributed by atoms with Gasteiger partial charge in [0.2, 0.25) is 0 Å². The largest absolute Gasteiger partial charge is 0.478 e. The van der Waals surface area contributed by atoms with Crippen LogP contribution < -0.4 is 0 Å². The molecule has 0 spiro atoms. The van der Waals surface area contributed by atoms with Gasteiger partial charge in [0.15, 0.2) is 0 Å². The minimum Gasteiger partial charge on any atom is -0.478 e. The minimum atomic E-state index is -1.35. The molecule has 0 saturated carbocycles. The monoisotopic (exact) mass is 206 g/mol. The number of hydrogen-bond acceptors (Lipinski definition) is 4. The third-order valence-corrected chi connectivity index (χ3v) is 1.90. The average molecular weight is 206 g/mol. The van der Waals surface area contributed by atoms with E-state index in [2.05, 4.69) is 0 Å². The van der Waals surface area contributed by atoms with Crippen LogP contribution in [-0.2, 0) is 0 Å². The first-order valence-electron chi connectivity index (χ1n) is 3.90. The van der Waals surface area contributed by atoms with Gasteiger partial charge in [-0.2, -0.15) is 5.26 Å². The number of nitrogens with zero attached hydrogens (tertiary/aromatic N) is 2. The predicted octanol–water partition coefficient (Wildman–Crippen LogP) is 1.47. The smallest absolute Gasteiger partial charge is 0.337 e. The van der Waals surface area contributed by atoms with Crippen LogP contribution in [0.4, 0.5) is 5.69 Å². The van der Waals surface area contributed by atoms with E-state index < -0.39 is 22.1 Å². The van der Waals surface area contributed by atoms with Gasteiger partial charge in [-0.05, 0) is 13.0 Å². The molecule has 0 fully saturated rings. The van der Waals surface area contributed by atoms with Crippen LogP contribution in [0.1, 0.15) is 21.5 Å². The zero-order valence-electron chi connectivity index (χ0n) is 7.72. The fourth-order valence-corrected chi connectivity index (χ4v) is 1.22. The maximum Gasteiger partial charge on any atom is 0.337 e. The highest BCUT2D eigenvalue weighted by atomic mass is 16.6. The maximum absolute atomic E-state index is 10.7. The van der Waals surface area contributed by atoms with Gasteiger partial charge in [-0.15, -0.1) is 0 Å². The fourth-order valence-electron chi connectivity index (χ4n) is 1.22. The molecule has 0 radical (unpaired) electrons. The molecule has 0 aromatic heterocycles. The highest BCUT2D eigenvalue weighted by Crippen LogP contribution is 2.25. The number of nitro benzene ring substituents is 1. The zero-order valence-corrected chi connectivity index (χ0v) is 7.72. The van der Waals surface area contributed by atoms with Gasteiger partial charge in [0.25, 0.3) is 5.69 Å². The lowest BCUT2D eigenvalue weighted by Crippen LogP contribution is -2.05. The second-order valence-electron chi connectivity index (χ2n) is 2.83. The molecule has 0 heterocycles. The highest BCUT2D eigenvalue weighted by molar-refractivity contribution is 5.92. The van der Waals surface area contributed by atoms with Crippen molar-refractivity contribution in [3.63, 3.8) is 0 Å². The van der Waals surface area contributed by atoms with Crippen LogP contribution in [0.25, 0.3) is 0 Å². The Hall–Kier alpha value is -2.42. The number of nitro groups is 1. The first-order valence-corrected chi connectivity index (χ1v) is 3.90. The topological polar surface area (TPSA) is 104 Å². The van der Waals surface area contributed by atoms with Gasteiger partial charge in [0, 0.05) is 5.56 Å². The number of nitriles is 1. The number of hydrogen-bond donors (Lipinski definition) is 1. The zero-order chi connectivity index (χ0) is 11.6. The molecule has 6 nitrogen and oxygen atoms in total. The standard InChI is InChI=1S/C9H6N2O4/c1-5-2-3-6(9(12)13)7(4-10)8(5)11(14)15/h2-3H,1H3,(H,12,13). The number of carboxylic acids is 1. The van der Waals surface area contributed by atoms with E-state index in [1.807, 2.05) is 0 Å². The third-order valence-electron chi connectivity index (χ3n) is 1.90. The minimum absolute atomic E-state index is 0.265. The molecule has 0 aliphatic carbocycles. The van der Waals surface area contributed by atoms with Gasteiger partial charge in [-0.25, -0.2) is 4.79 Å². The summed E-state index contributed by atoms with van der Waals surface area (Å²) >= 11 is 0. The molecule has 0 unspecified atom stereocenters. The summed E-state index contributed by atoms with van der Waals surface area (Å²) < 4.78 is 0. The van der Waals surface area contributed by atoms with E-state index in [0.29, 0.717) is 0 Å². The van der Waals surface area contributed by atoms with Crippen LogP contribution in [-0.4, -0.2) is 16.0 Å². The van der Waals surface area contributed by atoms with Crippen LogP contribution in [0.5, 0.6) is 0 Å². The van der Waals surface area contributed by atoms with Crippen LogP contribution >= 0.6 is 0 Å². The lowest BCUT2D eigenvalue weighted by molar-refractivity contribution is -0.385. The number of aryl methyl sites for hydroxylation is 1. The number of aromatic carboxylic acids is 1. The van der Waals surface area contributed by atoms with E-state index >= 15 is 0 Å². The van der Waals surface area contributed by atoms with Gasteiger partial charge >= 0.3 is 5.97 Å². The second-order valence-corrected chi connectivity index (χ2v) is 2.83. The Morgan fingerprint density at radius 1 is 1.60 bits per heavy atom. The Balaban J connectivity index is 3.64. The number of benzene rings is 1. The number of rotatable bonds is 2. The SMILES string of the molecule is Cc1ccc(C(=O)O)c(C#N)c1[N+](=O)[O-]. The third kappa shape index (κ3) is 1.76. The summed E-state index contributed by atoms with van der Waals surface area (Å²) in [5.74, 6) is -1.35. The van der Waals surface area contributed by atoms with E-state index in [0.717, 1.165) is 0 Å². The lowest BCUT2D eigenvalue weighted by Gasteiger charge is -2.02. The summed E-state index contributed by atoms with van der Waals surface area (Å²) in [7, 11) is 0. The average Bonchev–Trinajstić information content (AvgIpc) is 2.15. The fraction of sp³-hybridized carbons (Fsp3) is 0.111. The van der Waals surface area contributed by atoms with Crippen molar-refractivity contribution in [2.45, 2.75) is 6.92 Å². The Bertz CT molecular complexity index is 488. The summed E-state index contributed by atoms with van der Waals surface area (Å²) in [6.45, 7) is 1.45. The van der Waals surface area contributed by atoms with Crippen LogP contribution in [0.2, 0.25) is 0 Å². The predicted molar refractivity (Wildman–Crippen MR) is 49.5 cm³/mol. The van der Waals surface area contributed by atoms with Gasteiger partial charge in [-0.3, -0.25) is 10.1 Å². The summed E-state index contributed by atoms with van der Waals surface area (Å²) in [5.41, 5.74) is -0.943. The van der Waals surface area contributed by atoms with Crippen LogP contribution in [0.3, 0.4) is 0 Å². The summed E-state index contributed by atoms with van der Waals surface area (Å²) in [6.07, 6.45) is 0. The normalized spacial score (nSPS) is 9.33. The van der Waals surface area contributed by atoms with Crippen molar-refractivity contribution in [2.24, 2.45) is 0 Å². The molecule has 0 amide bonds. The molecule has 1 rings (SSSR count). The van der Waals surface area contributed by atoms with Gasteiger partial charge in [0.05, 0.1) is 10.5 Å². The molecule has 0 saturated heterocycles. The first-order chi connectivity index (χ1) is 6.99. The van der Waals surface area contributed by atoms with Gasteiger partial charge in [-0.1, -0.05) is 6.07 Å². The molecular weight excluding hydrogens is 200 g/mol. The van der Waals surface area contributed by atoms with Gasteiger partial charge < -0.3 is 5.11 Å². The van der Waals surface area contributed by atoms with Crippen molar-refractivity contribution in [2.75, 3.05) is 0 Å². The van der Waals surface area contributed by atoms with Crippen LogP contribution in [0.15, 0.2) is 12.1 Å². The lowest BCUT2D eigenvalue weighted by atomic mass is 10.0. The van der Waals surface area contributed by atoms with Crippen molar-refractivity contribution in [1.82, 2.24) is 0 Å². The Kier molecular flexibility index (Phi) is 2.67. The molecular formula is C9H6N2O4. The van der Waals surface area contributed by atoms with E-state index in [1.165, 1.54) is 19.1 Å². The van der Waals surface area contributed by atoms with Crippen molar-refractivity contribution in [3.8, 4) is 6.07 Å². The van der Waals surface area contributed by atoms with Crippen molar-refractivity contribution in [1.29, 1.82) is 5.26 Å². The molecule has 15 heavy (non-hydrogen) atoms. The van der Waals surface area contributed by atoms with Crippen molar-refractivity contribution < 1.29 is 14.8 Å². The number of carboxylic acid groups (broad SMARTS) is 1. The summed E-state index contributed by atoms with van der Waals surface area (Å²) in [6, 6.07) is 4.04. The molecule has 0 aliphatic heterocycles. The van der Waals surface area contributed by atoms with E-state index in [-0.39, 0.29) is 11.1 Å². The molecule has 6 heteroatoms. The van der Waals surface area contributed by atoms with Gasteiger partial charge in [0.1, 0.15) is 11.6 Å². The highest BCUT2D eigenvalue weighted by Gasteiger charge is 2.23. The molecule has 0 atom stereocenters. The maximum atomic E-state index is 10.7. The Morgan fingerprint density at radius 3 is 2.60 bits per heavy atom. The quantitative estimate of drug-likeness (QED) is 0.582. The second kappa shape index (κ2) is 3.75. The summed E-state index contributed by atoms with van der Waals surface area (Å²) in [5, 5.41) is 28.1. The molecule has 0 aliphatic rings. The van der Waals surface area contributed by atoms with Crippen molar-refractivity contribution >= 4 is 11.7 Å².